The van der Waals surface area contributed by atoms with Gasteiger partial charge in [-0.1, -0.05) is 20.8 Å². The number of thiazole rings is 1. The van der Waals surface area contributed by atoms with Gasteiger partial charge in [0.25, 0.3) is 0 Å². The molecule has 20 heavy (non-hydrogen) atoms. The molecule has 1 saturated carbocycles. The zero-order valence-electron chi connectivity index (χ0n) is 12.2. The lowest BCUT2D eigenvalue weighted by molar-refractivity contribution is -0.141. The van der Waals surface area contributed by atoms with Gasteiger partial charge in [-0.3, -0.25) is 9.59 Å². The van der Waals surface area contributed by atoms with Crippen molar-refractivity contribution in [2.24, 2.45) is 17.3 Å². The predicted molar refractivity (Wildman–Crippen MR) is 76.6 cm³/mol. The molecule has 3 atom stereocenters. The molecule has 0 radical (unpaired) electrons. The van der Waals surface area contributed by atoms with Crippen LogP contribution in [0.5, 0.6) is 0 Å². The summed E-state index contributed by atoms with van der Waals surface area (Å²) in [4.78, 5) is 29.4. The molecule has 1 aromatic heterocycles. The molecule has 1 N–H and O–H groups in total. The van der Waals surface area contributed by atoms with E-state index in [0.29, 0.717) is 6.54 Å². The molecule has 5 nitrogen and oxygen atoms in total. The molecule has 1 aliphatic carbocycles. The van der Waals surface area contributed by atoms with Crippen molar-refractivity contribution in [1.82, 2.24) is 9.88 Å². The van der Waals surface area contributed by atoms with E-state index in [-0.39, 0.29) is 11.8 Å². The maximum absolute atomic E-state index is 12.4. The van der Waals surface area contributed by atoms with Gasteiger partial charge in [-0.2, -0.15) is 0 Å². The highest BCUT2D eigenvalue weighted by molar-refractivity contribution is 7.09. The van der Waals surface area contributed by atoms with Gasteiger partial charge in [-0.05, 0) is 5.41 Å². The Kier molecular flexibility index (Phi) is 3.86. The van der Waals surface area contributed by atoms with Gasteiger partial charge in [0.2, 0.25) is 5.91 Å². The summed E-state index contributed by atoms with van der Waals surface area (Å²) in [5.74, 6) is -1.77. The third-order valence-electron chi connectivity index (χ3n) is 4.16. The second-order valence-corrected chi connectivity index (χ2v) is 7.03. The fraction of sp³-hybridized carbons (Fsp3) is 0.643. The Morgan fingerprint density at radius 2 is 2.15 bits per heavy atom. The van der Waals surface area contributed by atoms with Crippen molar-refractivity contribution in [2.45, 2.75) is 26.7 Å². The molecule has 1 heterocycles. The molecule has 6 heteroatoms. The van der Waals surface area contributed by atoms with Gasteiger partial charge < -0.3 is 10.0 Å². The minimum Gasteiger partial charge on any atom is -0.481 e. The van der Waals surface area contributed by atoms with Crippen LogP contribution in [0.4, 0.5) is 0 Å². The first kappa shape index (κ1) is 15.0. The summed E-state index contributed by atoms with van der Waals surface area (Å²) in [5, 5.41) is 12.1. The minimum absolute atomic E-state index is 0.0780. The number of hydrogen-bond acceptors (Lipinski definition) is 4. The Balaban J connectivity index is 1.98. The highest BCUT2D eigenvalue weighted by atomic mass is 32.1. The van der Waals surface area contributed by atoms with Crippen molar-refractivity contribution in [2.75, 3.05) is 13.6 Å². The molecule has 1 aliphatic rings. The number of carbonyl (C=O) groups is 2. The Hall–Kier alpha value is -1.43. The standard InChI is InChI=1S/C14H20N2O3S/c1-8(11-15-5-6-20-11)7-16(4)12(17)9-10(13(18)19)14(9,2)3/h5-6,8-10H,7H2,1-4H3,(H,18,19)/t8?,9-,10+/m0/s1. The SMILES string of the molecule is CC(CN(C)C(=O)[C@@H]1[C@H](C(=O)O)C1(C)C)c1nccs1. The van der Waals surface area contributed by atoms with Gasteiger partial charge in [0, 0.05) is 31.1 Å². The summed E-state index contributed by atoms with van der Waals surface area (Å²) in [6, 6.07) is 0. The fourth-order valence-corrected chi connectivity index (χ4v) is 3.54. The number of likely N-dealkylation sites (N-methyl/N-ethyl adjacent to an activating group) is 1. The number of carboxylic acids is 1. The summed E-state index contributed by atoms with van der Waals surface area (Å²) in [7, 11) is 1.74. The van der Waals surface area contributed by atoms with Crippen molar-refractivity contribution in [3.63, 3.8) is 0 Å². The lowest BCUT2D eigenvalue weighted by atomic mass is 10.1. The topological polar surface area (TPSA) is 70.5 Å². The second kappa shape index (κ2) is 5.16. The number of hydrogen-bond donors (Lipinski definition) is 1. The smallest absolute Gasteiger partial charge is 0.307 e. The number of aliphatic carboxylic acids is 1. The van der Waals surface area contributed by atoms with E-state index < -0.39 is 23.2 Å². The van der Waals surface area contributed by atoms with E-state index in [1.54, 1.807) is 29.5 Å². The third kappa shape index (κ3) is 2.57. The Labute approximate surface area is 122 Å². The van der Waals surface area contributed by atoms with Gasteiger partial charge in [0.05, 0.1) is 16.8 Å². The van der Waals surface area contributed by atoms with Gasteiger partial charge >= 0.3 is 5.97 Å². The Morgan fingerprint density at radius 3 is 2.60 bits per heavy atom. The first-order chi connectivity index (χ1) is 9.26. The molecule has 0 saturated heterocycles. The molecule has 110 valence electrons. The minimum atomic E-state index is -0.880. The van der Waals surface area contributed by atoms with Crippen LogP contribution in [0.25, 0.3) is 0 Å². The second-order valence-electron chi connectivity index (χ2n) is 6.11. The number of aromatic nitrogens is 1. The summed E-state index contributed by atoms with van der Waals surface area (Å²) in [5.41, 5.74) is -0.443. The first-order valence-corrected chi connectivity index (χ1v) is 7.52. The molecule has 2 rings (SSSR count). The lowest BCUT2D eigenvalue weighted by Gasteiger charge is -2.21. The highest BCUT2D eigenvalue weighted by Crippen LogP contribution is 2.58. The number of carboxylic acid groups (broad SMARTS) is 1. The predicted octanol–water partition coefficient (Wildman–Crippen LogP) is 2.06. The van der Waals surface area contributed by atoms with Gasteiger partial charge in [-0.15, -0.1) is 11.3 Å². The summed E-state index contributed by atoms with van der Waals surface area (Å²) in [6.45, 7) is 6.26. The van der Waals surface area contributed by atoms with Gasteiger partial charge in [0.15, 0.2) is 0 Å². The van der Waals surface area contributed by atoms with Crippen LogP contribution in [-0.4, -0.2) is 40.5 Å². The first-order valence-electron chi connectivity index (χ1n) is 6.64. The summed E-state index contributed by atoms with van der Waals surface area (Å²) >= 11 is 1.57. The van der Waals surface area contributed by atoms with Crippen molar-refractivity contribution in [1.29, 1.82) is 0 Å². The lowest BCUT2D eigenvalue weighted by Crippen LogP contribution is -2.33. The maximum atomic E-state index is 12.4. The summed E-state index contributed by atoms with van der Waals surface area (Å²) < 4.78 is 0. The van der Waals surface area contributed by atoms with E-state index in [0.717, 1.165) is 5.01 Å². The van der Waals surface area contributed by atoms with Crippen LogP contribution in [-0.2, 0) is 9.59 Å². The van der Waals surface area contributed by atoms with Gasteiger partial charge in [0.1, 0.15) is 0 Å². The zero-order chi connectivity index (χ0) is 15.1. The van der Waals surface area contributed by atoms with E-state index in [4.69, 9.17) is 5.11 Å². The van der Waals surface area contributed by atoms with Crippen LogP contribution in [0.1, 0.15) is 31.7 Å². The van der Waals surface area contributed by atoms with Crippen LogP contribution in [0.3, 0.4) is 0 Å². The molecular weight excluding hydrogens is 276 g/mol. The van der Waals surface area contributed by atoms with Crippen LogP contribution in [0.15, 0.2) is 11.6 Å². The average molecular weight is 296 g/mol. The monoisotopic (exact) mass is 296 g/mol. The van der Waals surface area contributed by atoms with Crippen LogP contribution < -0.4 is 0 Å². The number of amides is 1. The average Bonchev–Trinajstić information content (AvgIpc) is 2.77. The van der Waals surface area contributed by atoms with Crippen molar-refractivity contribution in [3.8, 4) is 0 Å². The molecule has 1 fully saturated rings. The normalized spacial score (nSPS) is 25.0. The molecule has 0 bridgehead atoms. The van der Waals surface area contributed by atoms with Crippen molar-refractivity contribution >= 4 is 23.2 Å². The van der Waals surface area contributed by atoms with Crippen molar-refractivity contribution < 1.29 is 14.7 Å². The molecule has 0 aliphatic heterocycles. The van der Waals surface area contributed by atoms with E-state index in [9.17, 15) is 9.59 Å². The van der Waals surface area contributed by atoms with Crippen LogP contribution in [0, 0.1) is 17.3 Å². The summed E-state index contributed by atoms with van der Waals surface area (Å²) in [6.07, 6.45) is 1.75. The largest absolute Gasteiger partial charge is 0.481 e. The number of rotatable bonds is 5. The Bertz CT molecular complexity index is 512. The molecule has 1 aromatic rings. The van der Waals surface area contributed by atoms with Gasteiger partial charge in [-0.25, -0.2) is 4.98 Å². The Morgan fingerprint density at radius 1 is 1.50 bits per heavy atom. The van der Waals surface area contributed by atoms with Crippen LogP contribution >= 0.6 is 11.3 Å². The molecule has 0 spiro atoms. The number of nitrogens with zero attached hydrogens (tertiary/aromatic N) is 2. The maximum Gasteiger partial charge on any atom is 0.307 e. The number of carbonyl (C=O) groups excluding carboxylic acids is 1. The molecule has 0 aromatic carbocycles. The molecule has 1 unspecified atom stereocenters. The molecular formula is C14H20N2O3S. The van der Waals surface area contributed by atoms with E-state index in [1.165, 1.54) is 0 Å². The van der Waals surface area contributed by atoms with Crippen LogP contribution in [0.2, 0.25) is 0 Å². The van der Waals surface area contributed by atoms with E-state index in [1.807, 2.05) is 26.2 Å². The quantitative estimate of drug-likeness (QED) is 0.903. The fourth-order valence-electron chi connectivity index (χ4n) is 2.85. The zero-order valence-corrected chi connectivity index (χ0v) is 13.0. The van der Waals surface area contributed by atoms with E-state index in [2.05, 4.69) is 4.98 Å². The highest BCUT2D eigenvalue weighted by Gasteiger charge is 2.66. The third-order valence-corrected chi connectivity index (χ3v) is 5.16. The van der Waals surface area contributed by atoms with Crippen molar-refractivity contribution in [3.05, 3.63) is 16.6 Å². The molecule has 1 amide bonds. The van der Waals surface area contributed by atoms with E-state index >= 15 is 0 Å².